The van der Waals surface area contributed by atoms with Crippen molar-refractivity contribution in [2.45, 2.75) is 25.9 Å². The lowest BCUT2D eigenvalue weighted by molar-refractivity contribution is -0.143. The number of methoxy groups -OCH3 is 1. The lowest BCUT2D eigenvalue weighted by Gasteiger charge is -2.26. The minimum absolute atomic E-state index is 0.102. The van der Waals surface area contributed by atoms with Crippen LogP contribution in [0.2, 0.25) is 0 Å². The van der Waals surface area contributed by atoms with Gasteiger partial charge in [0.25, 0.3) is 0 Å². The molecule has 1 fully saturated rings. The molecular formula is C19H27NO5. The highest BCUT2D eigenvalue weighted by atomic mass is 16.5. The van der Waals surface area contributed by atoms with E-state index in [4.69, 9.17) is 9.47 Å². The molecule has 0 aromatic heterocycles. The smallest absolute Gasteiger partial charge is 0.313 e. The SMILES string of the molecule is COC(=O)CC(=O)CCc1ccccc1COCCN1CCOCC1. The molecule has 0 spiro atoms. The van der Waals surface area contributed by atoms with Crippen molar-refractivity contribution in [3.8, 4) is 0 Å². The third-order valence-corrected chi connectivity index (χ3v) is 4.27. The number of morpholine rings is 1. The number of rotatable bonds is 10. The molecule has 138 valence electrons. The predicted octanol–water partition coefficient (Wildman–Crippen LogP) is 1.60. The van der Waals surface area contributed by atoms with Gasteiger partial charge in [0, 0.05) is 26.1 Å². The molecule has 0 unspecified atom stereocenters. The molecule has 0 N–H and O–H groups in total. The van der Waals surface area contributed by atoms with Crippen LogP contribution in [0, 0.1) is 0 Å². The van der Waals surface area contributed by atoms with Gasteiger partial charge in [-0.05, 0) is 17.5 Å². The van der Waals surface area contributed by atoms with Gasteiger partial charge in [0.2, 0.25) is 0 Å². The molecule has 6 heteroatoms. The van der Waals surface area contributed by atoms with Gasteiger partial charge in [0.1, 0.15) is 12.2 Å². The normalized spacial score (nSPS) is 15.1. The molecule has 1 aliphatic rings. The molecule has 1 aromatic carbocycles. The van der Waals surface area contributed by atoms with E-state index in [0.29, 0.717) is 26.1 Å². The molecule has 1 heterocycles. The van der Waals surface area contributed by atoms with Crippen LogP contribution in [-0.4, -0.2) is 63.2 Å². The number of ketones is 1. The van der Waals surface area contributed by atoms with Gasteiger partial charge in [-0.25, -0.2) is 0 Å². The van der Waals surface area contributed by atoms with Crippen molar-refractivity contribution in [2.75, 3.05) is 46.6 Å². The van der Waals surface area contributed by atoms with Crippen LogP contribution in [0.4, 0.5) is 0 Å². The van der Waals surface area contributed by atoms with Crippen molar-refractivity contribution in [3.63, 3.8) is 0 Å². The summed E-state index contributed by atoms with van der Waals surface area (Å²) in [6.07, 6.45) is 0.785. The number of aryl methyl sites for hydroxylation is 1. The summed E-state index contributed by atoms with van der Waals surface area (Å²) in [5, 5.41) is 0. The number of carbonyl (C=O) groups excluding carboxylic acids is 2. The Morgan fingerprint density at radius 1 is 1.16 bits per heavy atom. The third-order valence-electron chi connectivity index (χ3n) is 4.27. The zero-order valence-corrected chi connectivity index (χ0v) is 14.9. The summed E-state index contributed by atoms with van der Waals surface area (Å²) in [6.45, 7) is 5.62. The van der Waals surface area contributed by atoms with Crippen molar-refractivity contribution in [2.24, 2.45) is 0 Å². The van der Waals surface area contributed by atoms with Crippen LogP contribution in [-0.2, 0) is 36.8 Å². The topological polar surface area (TPSA) is 65.1 Å². The second-order valence-electron chi connectivity index (χ2n) is 6.07. The highest BCUT2D eigenvalue weighted by molar-refractivity contribution is 5.95. The Balaban J connectivity index is 1.73. The van der Waals surface area contributed by atoms with Crippen molar-refractivity contribution < 1.29 is 23.8 Å². The Hall–Kier alpha value is -1.76. The first-order chi connectivity index (χ1) is 12.2. The quantitative estimate of drug-likeness (QED) is 0.363. The van der Waals surface area contributed by atoms with Crippen LogP contribution in [0.1, 0.15) is 24.0 Å². The Labute approximate surface area is 149 Å². The fourth-order valence-corrected chi connectivity index (χ4v) is 2.74. The molecule has 0 amide bonds. The summed E-state index contributed by atoms with van der Waals surface area (Å²) in [7, 11) is 1.29. The van der Waals surface area contributed by atoms with Gasteiger partial charge in [-0.3, -0.25) is 14.5 Å². The second kappa shape index (κ2) is 11.0. The van der Waals surface area contributed by atoms with Gasteiger partial charge in [0.15, 0.2) is 0 Å². The molecule has 25 heavy (non-hydrogen) atoms. The van der Waals surface area contributed by atoms with Gasteiger partial charge in [-0.15, -0.1) is 0 Å². The fourth-order valence-electron chi connectivity index (χ4n) is 2.74. The van der Waals surface area contributed by atoms with Gasteiger partial charge in [-0.2, -0.15) is 0 Å². The van der Waals surface area contributed by atoms with Crippen LogP contribution >= 0.6 is 0 Å². The molecule has 1 saturated heterocycles. The van der Waals surface area contributed by atoms with Gasteiger partial charge < -0.3 is 14.2 Å². The zero-order chi connectivity index (χ0) is 17.9. The third kappa shape index (κ3) is 7.34. The minimum Gasteiger partial charge on any atom is -0.469 e. The van der Waals surface area contributed by atoms with E-state index in [1.165, 1.54) is 7.11 Å². The molecule has 0 aliphatic carbocycles. The summed E-state index contributed by atoms with van der Waals surface area (Å²) in [5.41, 5.74) is 2.18. The van der Waals surface area contributed by atoms with Crippen molar-refractivity contribution in [3.05, 3.63) is 35.4 Å². The van der Waals surface area contributed by atoms with Crippen LogP contribution in [0.3, 0.4) is 0 Å². The number of carbonyl (C=O) groups is 2. The Bertz CT molecular complexity index is 555. The molecule has 0 bridgehead atoms. The lowest BCUT2D eigenvalue weighted by Crippen LogP contribution is -2.38. The standard InChI is InChI=1S/C19H27NO5/c1-23-19(22)14-18(21)7-6-16-4-2-3-5-17(16)15-25-13-10-20-8-11-24-12-9-20/h2-5H,6-15H2,1H3. The van der Waals surface area contributed by atoms with Crippen LogP contribution in [0.15, 0.2) is 24.3 Å². The first-order valence-corrected chi connectivity index (χ1v) is 8.72. The molecule has 2 rings (SSSR count). The van der Waals surface area contributed by atoms with Crippen LogP contribution in [0.25, 0.3) is 0 Å². The molecule has 1 aliphatic heterocycles. The Morgan fingerprint density at radius 2 is 1.88 bits per heavy atom. The maximum atomic E-state index is 11.8. The Kier molecular flexibility index (Phi) is 8.59. The van der Waals surface area contributed by atoms with Crippen molar-refractivity contribution >= 4 is 11.8 Å². The number of nitrogens with zero attached hydrogens (tertiary/aromatic N) is 1. The van der Waals surface area contributed by atoms with Crippen molar-refractivity contribution in [1.82, 2.24) is 4.90 Å². The van der Waals surface area contributed by atoms with E-state index in [0.717, 1.165) is 44.0 Å². The van der Waals surface area contributed by atoms with E-state index >= 15 is 0 Å². The summed E-state index contributed by atoms with van der Waals surface area (Å²) in [4.78, 5) is 25.2. The molecule has 0 radical (unpaired) electrons. The van der Waals surface area contributed by atoms with E-state index in [9.17, 15) is 9.59 Å². The zero-order valence-electron chi connectivity index (χ0n) is 14.9. The first-order valence-electron chi connectivity index (χ1n) is 8.72. The average molecular weight is 349 g/mol. The van der Waals surface area contributed by atoms with Crippen molar-refractivity contribution in [1.29, 1.82) is 0 Å². The number of hydrogen-bond acceptors (Lipinski definition) is 6. The second-order valence-corrected chi connectivity index (χ2v) is 6.07. The fraction of sp³-hybridized carbons (Fsp3) is 0.579. The van der Waals surface area contributed by atoms with Crippen LogP contribution in [0.5, 0.6) is 0 Å². The van der Waals surface area contributed by atoms with E-state index in [1.807, 2.05) is 24.3 Å². The van der Waals surface area contributed by atoms with Gasteiger partial charge in [-0.1, -0.05) is 24.3 Å². The highest BCUT2D eigenvalue weighted by Gasteiger charge is 2.12. The van der Waals surface area contributed by atoms with Gasteiger partial charge in [0.05, 0.1) is 33.5 Å². The predicted molar refractivity (Wildman–Crippen MR) is 93.3 cm³/mol. The molecule has 1 aromatic rings. The number of Topliss-reactive ketones (excluding diaryl/α,β-unsaturated/α-hetero) is 1. The summed E-state index contributed by atoms with van der Waals surface area (Å²) < 4.78 is 15.7. The maximum absolute atomic E-state index is 11.8. The minimum atomic E-state index is -0.482. The van der Waals surface area contributed by atoms with E-state index < -0.39 is 5.97 Å². The van der Waals surface area contributed by atoms with E-state index in [1.54, 1.807) is 0 Å². The largest absolute Gasteiger partial charge is 0.469 e. The molecular weight excluding hydrogens is 322 g/mol. The molecule has 6 nitrogen and oxygen atoms in total. The Morgan fingerprint density at radius 3 is 2.60 bits per heavy atom. The van der Waals surface area contributed by atoms with E-state index in [-0.39, 0.29) is 12.2 Å². The highest BCUT2D eigenvalue weighted by Crippen LogP contribution is 2.13. The first kappa shape index (κ1) is 19.6. The van der Waals surface area contributed by atoms with E-state index in [2.05, 4.69) is 9.64 Å². The lowest BCUT2D eigenvalue weighted by atomic mass is 10.0. The summed E-state index contributed by atoms with van der Waals surface area (Å²) in [6, 6.07) is 7.96. The average Bonchev–Trinajstić information content (AvgIpc) is 2.65. The monoisotopic (exact) mass is 349 g/mol. The maximum Gasteiger partial charge on any atom is 0.313 e. The van der Waals surface area contributed by atoms with Crippen LogP contribution < -0.4 is 0 Å². The number of benzene rings is 1. The number of ether oxygens (including phenoxy) is 3. The number of hydrogen-bond donors (Lipinski definition) is 0. The summed E-state index contributed by atoms with van der Waals surface area (Å²) >= 11 is 0. The molecule has 0 atom stereocenters. The summed E-state index contributed by atoms with van der Waals surface area (Å²) in [5.74, 6) is -0.584. The number of esters is 1. The van der Waals surface area contributed by atoms with Gasteiger partial charge >= 0.3 is 5.97 Å². The molecule has 0 saturated carbocycles.